The van der Waals surface area contributed by atoms with Gasteiger partial charge in [-0.05, 0) is 48.9 Å². The molecule has 5 rings (SSSR count). The molecule has 1 aromatic carbocycles. The monoisotopic (exact) mass is 428 g/mol. The highest BCUT2D eigenvalue weighted by molar-refractivity contribution is 5.94. The molecule has 0 bridgehead atoms. The molecular formula is C26H28N4O2. The number of anilines is 1. The highest BCUT2D eigenvalue weighted by Gasteiger charge is 2.59. The van der Waals surface area contributed by atoms with Gasteiger partial charge in [-0.15, -0.1) is 0 Å². The van der Waals surface area contributed by atoms with Crippen molar-refractivity contribution in [3.05, 3.63) is 60.3 Å². The number of likely N-dealkylation sites (tertiary alicyclic amines) is 1. The van der Waals surface area contributed by atoms with E-state index in [-0.39, 0.29) is 17.2 Å². The van der Waals surface area contributed by atoms with E-state index in [1.54, 1.807) is 0 Å². The average Bonchev–Trinajstić information content (AvgIpc) is 3.56. The van der Waals surface area contributed by atoms with Crippen LogP contribution in [-0.2, 0) is 9.59 Å². The number of rotatable bonds is 2. The van der Waals surface area contributed by atoms with Crippen LogP contribution in [0, 0.1) is 23.2 Å². The Balaban J connectivity index is 1.11. The van der Waals surface area contributed by atoms with E-state index < -0.39 is 0 Å². The summed E-state index contributed by atoms with van der Waals surface area (Å²) in [6.45, 7) is 4.54. The van der Waals surface area contributed by atoms with Crippen molar-refractivity contribution in [2.24, 2.45) is 11.3 Å². The van der Waals surface area contributed by atoms with E-state index in [1.807, 2.05) is 64.5 Å². The molecule has 1 unspecified atom stereocenters. The van der Waals surface area contributed by atoms with E-state index in [0.717, 1.165) is 56.8 Å². The molecule has 1 saturated carbocycles. The maximum absolute atomic E-state index is 13.1. The highest BCUT2D eigenvalue weighted by atomic mass is 16.2. The van der Waals surface area contributed by atoms with E-state index >= 15 is 0 Å². The topological polar surface area (TPSA) is 56.8 Å². The minimum Gasteiger partial charge on any atom is -0.353 e. The van der Waals surface area contributed by atoms with Gasteiger partial charge >= 0.3 is 0 Å². The van der Waals surface area contributed by atoms with Crippen molar-refractivity contribution in [3.8, 4) is 11.8 Å². The van der Waals surface area contributed by atoms with Crippen molar-refractivity contribution in [1.29, 1.82) is 0 Å². The first-order chi connectivity index (χ1) is 15.6. The third-order valence-electron chi connectivity index (χ3n) is 7.19. The first-order valence-corrected chi connectivity index (χ1v) is 11.5. The van der Waals surface area contributed by atoms with E-state index in [1.165, 1.54) is 0 Å². The summed E-state index contributed by atoms with van der Waals surface area (Å²) in [4.78, 5) is 36.2. The molecule has 1 atom stereocenters. The van der Waals surface area contributed by atoms with E-state index in [2.05, 4.69) is 21.7 Å². The van der Waals surface area contributed by atoms with Gasteiger partial charge in [-0.25, -0.2) is 4.98 Å². The second-order valence-corrected chi connectivity index (χ2v) is 9.03. The van der Waals surface area contributed by atoms with Crippen LogP contribution in [0.15, 0.2) is 54.7 Å². The molecule has 1 aromatic heterocycles. The van der Waals surface area contributed by atoms with E-state index in [4.69, 9.17) is 0 Å². The largest absolute Gasteiger partial charge is 0.353 e. The lowest BCUT2D eigenvalue weighted by atomic mass is 9.90. The number of benzene rings is 1. The zero-order chi connectivity index (χ0) is 22.0. The summed E-state index contributed by atoms with van der Waals surface area (Å²) in [5, 5.41) is 0. The molecule has 0 radical (unpaired) electrons. The summed E-state index contributed by atoms with van der Waals surface area (Å²) in [5.74, 6) is 7.02. The molecule has 6 heteroatoms. The fourth-order valence-corrected chi connectivity index (χ4v) is 5.05. The molecule has 1 aliphatic carbocycles. The Labute approximate surface area is 189 Å². The highest BCUT2D eigenvalue weighted by Crippen LogP contribution is 2.60. The number of piperazine rings is 1. The number of hydrogen-bond donors (Lipinski definition) is 0. The average molecular weight is 429 g/mol. The number of carbonyl (C=O) groups is 2. The predicted octanol–water partition coefficient (Wildman–Crippen LogP) is 2.41. The van der Waals surface area contributed by atoms with Crippen molar-refractivity contribution in [3.63, 3.8) is 0 Å². The smallest absolute Gasteiger partial charge is 0.298 e. The van der Waals surface area contributed by atoms with Crippen LogP contribution in [0.5, 0.6) is 0 Å². The lowest BCUT2D eigenvalue weighted by Crippen LogP contribution is -2.50. The molecule has 2 aliphatic heterocycles. The maximum atomic E-state index is 13.1. The standard InChI is InChI=1S/C26H28N4O2/c31-24(10-9-21-6-2-1-3-7-21)29-14-11-26(12-15-29)20-22(26)25(32)30-18-16-28(17-19-30)23-8-4-5-13-27-23/h1-8,13,22H,11-12,14-20H2. The van der Waals surface area contributed by atoms with Gasteiger partial charge in [0, 0.05) is 62.9 Å². The van der Waals surface area contributed by atoms with Crippen molar-refractivity contribution in [2.45, 2.75) is 19.3 Å². The summed E-state index contributed by atoms with van der Waals surface area (Å²) in [5.41, 5.74) is 0.948. The first kappa shape index (κ1) is 20.6. The molecule has 3 fully saturated rings. The van der Waals surface area contributed by atoms with Crippen LogP contribution in [0.2, 0.25) is 0 Å². The van der Waals surface area contributed by atoms with Gasteiger partial charge in [-0.2, -0.15) is 0 Å². The Kier molecular flexibility index (Phi) is 5.57. The summed E-state index contributed by atoms with van der Waals surface area (Å²) >= 11 is 0. The minimum atomic E-state index is -0.113. The second-order valence-electron chi connectivity index (χ2n) is 9.03. The Bertz CT molecular complexity index is 1030. The summed E-state index contributed by atoms with van der Waals surface area (Å²) in [7, 11) is 0. The molecule has 1 spiro atoms. The van der Waals surface area contributed by atoms with E-state index in [0.29, 0.717) is 19.0 Å². The summed E-state index contributed by atoms with van der Waals surface area (Å²) in [6, 6.07) is 15.5. The molecule has 3 aliphatic rings. The minimum absolute atomic E-state index is 0.0961. The van der Waals surface area contributed by atoms with Crippen molar-refractivity contribution in [2.75, 3.05) is 44.2 Å². The molecule has 6 nitrogen and oxygen atoms in total. The first-order valence-electron chi connectivity index (χ1n) is 11.5. The number of amides is 2. The quantitative estimate of drug-likeness (QED) is 0.690. The number of hydrogen-bond acceptors (Lipinski definition) is 4. The fraction of sp³-hybridized carbons (Fsp3) is 0.423. The third kappa shape index (κ3) is 4.20. The molecule has 32 heavy (non-hydrogen) atoms. The van der Waals surface area contributed by atoms with Crippen molar-refractivity contribution >= 4 is 17.6 Å². The van der Waals surface area contributed by atoms with Crippen LogP contribution in [0.3, 0.4) is 0 Å². The molecule has 0 N–H and O–H groups in total. The Morgan fingerprint density at radius 3 is 2.28 bits per heavy atom. The third-order valence-corrected chi connectivity index (χ3v) is 7.19. The van der Waals surface area contributed by atoms with E-state index in [9.17, 15) is 9.59 Å². The van der Waals surface area contributed by atoms with Crippen molar-refractivity contribution in [1.82, 2.24) is 14.8 Å². The van der Waals surface area contributed by atoms with Crippen LogP contribution >= 0.6 is 0 Å². The van der Waals surface area contributed by atoms with Gasteiger partial charge in [0.2, 0.25) is 5.91 Å². The Hall–Kier alpha value is -3.33. The number of pyridine rings is 1. The van der Waals surface area contributed by atoms with Gasteiger partial charge in [-0.3, -0.25) is 9.59 Å². The summed E-state index contributed by atoms with van der Waals surface area (Å²) < 4.78 is 0. The molecule has 3 heterocycles. The normalized spacial score (nSPS) is 21.6. The van der Waals surface area contributed by atoms with Gasteiger partial charge in [-0.1, -0.05) is 30.2 Å². The van der Waals surface area contributed by atoms with Crippen LogP contribution in [-0.4, -0.2) is 65.9 Å². The zero-order valence-electron chi connectivity index (χ0n) is 18.2. The van der Waals surface area contributed by atoms with Gasteiger partial charge in [0.05, 0.1) is 0 Å². The molecule has 164 valence electrons. The SMILES string of the molecule is O=C(C#Cc1ccccc1)N1CCC2(CC1)CC2C(=O)N1CCN(c2ccccn2)CC1. The molecule has 2 amide bonds. The van der Waals surface area contributed by atoms with Crippen LogP contribution in [0.1, 0.15) is 24.8 Å². The van der Waals surface area contributed by atoms with Gasteiger partial charge in [0.1, 0.15) is 5.82 Å². The lowest BCUT2D eigenvalue weighted by Gasteiger charge is -2.36. The Morgan fingerprint density at radius 2 is 1.59 bits per heavy atom. The number of nitrogens with zero attached hydrogens (tertiary/aromatic N) is 4. The summed E-state index contributed by atoms with van der Waals surface area (Å²) in [6.07, 6.45) is 4.57. The van der Waals surface area contributed by atoms with Gasteiger partial charge < -0.3 is 14.7 Å². The fourth-order valence-electron chi connectivity index (χ4n) is 5.05. The second kappa shape index (κ2) is 8.66. The number of carbonyl (C=O) groups excluding carboxylic acids is 2. The number of piperidine rings is 1. The zero-order valence-corrected chi connectivity index (χ0v) is 18.2. The predicted molar refractivity (Wildman–Crippen MR) is 123 cm³/mol. The van der Waals surface area contributed by atoms with Crippen LogP contribution < -0.4 is 4.90 Å². The number of aromatic nitrogens is 1. The molecular weight excluding hydrogens is 400 g/mol. The van der Waals surface area contributed by atoms with Gasteiger partial charge in [0.15, 0.2) is 0 Å². The van der Waals surface area contributed by atoms with Crippen LogP contribution in [0.4, 0.5) is 5.82 Å². The molecule has 2 aromatic rings. The van der Waals surface area contributed by atoms with Gasteiger partial charge in [0.25, 0.3) is 5.91 Å². The Morgan fingerprint density at radius 1 is 0.875 bits per heavy atom. The van der Waals surface area contributed by atoms with Crippen molar-refractivity contribution < 1.29 is 9.59 Å². The maximum Gasteiger partial charge on any atom is 0.298 e. The lowest BCUT2D eigenvalue weighted by molar-refractivity contribution is -0.134. The molecule has 2 saturated heterocycles. The van der Waals surface area contributed by atoms with Crippen LogP contribution in [0.25, 0.3) is 0 Å².